The van der Waals surface area contributed by atoms with Gasteiger partial charge in [0.25, 0.3) is 0 Å². The quantitative estimate of drug-likeness (QED) is 0.148. The number of fused-ring (bicyclic) bond motifs is 4. The first kappa shape index (κ1) is 37.5. The van der Waals surface area contributed by atoms with Crippen molar-refractivity contribution < 1.29 is 0 Å². The van der Waals surface area contributed by atoms with E-state index in [-0.39, 0.29) is 11.3 Å². The Balaban J connectivity index is 1.03. The van der Waals surface area contributed by atoms with Crippen molar-refractivity contribution in [2.24, 2.45) is 0 Å². The van der Waals surface area contributed by atoms with Gasteiger partial charge >= 0.3 is 0 Å². The molecule has 0 saturated carbocycles. The second-order valence-electron chi connectivity index (χ2n) is 17.2. The molecule has 296 valence electrons. The van der Waals surface area contributed by atoms with Crippen molar-refractivity contribution in [2.75, 3.05) is 4.90 Å². The lowest BCUT2D eigenvalue weighted by atomic mass is 9.81. The molecule has 0 heterocycles. The van der Waals surface area contributed by atoms with Crippen molar-refractivity contribution in [3.63, 3.8) is 0 Å². The molecular weight excluding hydrogens is 747 g/mol. The summed E-state index contributed by atoms with van der Waals surface area (Å²) in [7, 11) is 0. The van der Waals surface area contributed by atoms with E-state index in [0.717, 1.165) is 23.5 Å². The van der Waals surface area contributed by atoms with Gasteiger partial charge in [0, 0.05) is 28.3 Å². The van der Waals surface area contributed by atoms with Gasteiger partial charge in [-0.1, -0.05) is 202 Å². The van der Waals surface area contributed by atoms with Crippen LogP contribution in [0.5, 0.6) is 0 Å². The fraction of sp³-hybridized carbons (Fsp3) is 0.0820. The average Bonchev–Trinajstić information content (AvgIpc) is 3.57. The first-order valence-corrected chi connectivity index (χ1v) is 21.9. The summed E-state index contributed by atoms with van der Waals surface area (Å²) in [6.07, 6.45) is 7.76. The Kier molecular flexibility index (Phi) is 9.39. The number of allylic oxidation sites excluding steroid dienone is 4. The van der Waals surface area contributed by atoms with E-state index < -0.39 is 0 Å². The van der Waals surface area contributed by atoms with Crippen molar-refractivity contribution in [2.45, 2.75) is 31.6 Å². The second-order valence-corrected chi connectivity index (χ2v) is 17.2. The van der Waals surface area contributed by atoms with E-state index in [1.54, 1.807) is 0 Å². The molecule has 0 aromatic heterocycles. The summed E-state index contributed by atoms with van der Waals surface area (Å²) in [6.45, 7) is 4.71. The Labute approximate surface area is 365 Å². The van der Waals surface area contributed by atoms with E-state index in [0.29, 0.717) is 0 Å². The van der Waals surface area contributed by atoms with Crippen LogP contribution in [-0.2, 0) is 5.41 Å². The molecule has 62 heavy (non-hydrogen) atoms. The molecule has 11 rings (SSSR count). The Bertz CT molecular complexity index is 3180. The highest BCUT2D eigenvalue weighted by Crippen LogP contribution is 2.50. The molecule has 0 bridgehead atoms. The molecule has 0 spiro atoms. The van der Waals surface area contributed by atoms with Gasteiger partial charge in [-0.25, -0.2) is 0 Å². The Morgan fingerprint density at radius 1 is 0.435 bits per heavy atom. The summed E-state index contributed by atoms with van der Waals surface area (Å²) in [6, 6.07) is 78.4. The number of para-hydroxylation sites is 1. The van der Waals surface area contributed by atoms with Gasteiger partial charge in [-0.3, -0.25) is 0 Å². The number of anilines is 3. The van der Waals surface area contributed by atoms with Gasteiger partial charge in [0.2, 0.25) is 0 Å². The van der Waals surface area contributed by atoms with Crippen molar-refractivity contribution in [1.82, 2.24) is 0 Å². The third-order valence-corrected chi connectivity index (χ3v) is 13.3. The summed E-state index contributed by atoms with van der Waals surface area (Å²) < 4.78 is 0. The van der Waals surface area contributed by atoms with Gasteiger partial charge in [-0.05, 0) is 126 Å². The number of benzene rings is 9. The summed E-state index contributed by atoms with van der Waals surface area (Å²) >= 11 is 0. The monoisotopic (exact) mass is 793 g/mol. The molecule has 1 atom stereocenters. The molecule has 0 N–H and O–H groups in total. The first-order chi connectivity index (χ1) is 30.5. The lowest BCUT2D eigenvalue weighted by molar-refractivity contribution is 0.660. The molecule has 2 aliphatic rings. The number of rotatable bonds is 8. The minimum absolute atomic E-state index is 0.0536. The third kappa shape index (κ3) is 6.58. The van der Waals surface area contributed by atoms with Gasteiger partial charge in [0.1, 0.15) is 0 Å². The minimum atomic E-state index is -0.0536. The van der Waals surface area contributed by atoms with E-state index in [9.17, 15) is 0 Å². The predicted molar refractivity (Wildman–Crippen MR) is 263 cm³/mol. The van der Waals surface area contributed by atoms with Crippen LogP contribution in [-0.4, -0.2) is 0 Å². The van der Waals surface area contributed by atoms with E-state index in [4.69, 9.17) is 0 Å². The molecular formula is C61H47N. The van der Waals surface area contributed by atoms with Gasteiger partial charge in [-0.15, -0.1) is 0 Å². The number of hydrogen-bond acceptors (Lipinski definition) is 1. The highest BCUT2D eigenvalue weighted by atomic mass is 15.1. The minimum Gasteiger partial charge on any atom is -0.310 e. The highest BCUT2D eigenvalue weighted by molar-refractivity contribution is 5.98. The fourth-order valence-corrected chi connectivity index (χ4v) is 10.1. The van der Waals surface area contributed by atoms with Crippen LogP contribution in [0.25, 0.3) is 60.9 Å². The third-order valence-electron chi connectivity index (χ3n) is 13.3. The summed E-state index contributed by atoms with van der Waals surface area (Å²) in [5, 5.41) is 2.51. The van der Waals surface area contributed by atoms with E-state index >= 15 is 0 Å². The molecule has 2 aliphatic carbocycles. The van der Waals surface area contributed by atoms with Gasteiger partial charge in [-0.2, -0.15) is 0 Å². The first-order valence-electron chi connectivity index (χ1n) is 21.9. The smallest absolute Gasteiger partial charge is 0.0540 e. The SMILES string of the molecule is CC1(C)c2ccccc2-c2ccc(-c3ccc(N(c4cccc(C5CC=CC=C5c5ccccc5)c4)c4ccccc4-c4cccc(-c5cccc6ccccc56)c4)cc3)cc21. The summed E-state index contributed by atoms with van der Waals surface area (Å²) in [4.78, 5) is 2.46. The maximum Gasteiger partial charge on any atom is 0.0540 e. The van der Waals surface area contributed by atoms with E-state index in [1.807, 2.05) is 0 Å². The fourth-order valence-electron chi connectivity index (χ4n) is 10.1. The molecule has 1 nitrogen and oxygen atoms in total. The molecule has 0 amide bonds. The Morgan fingerprint density at radius 3 is 1.95 bits per heavy atom. The Hall–Kier alpha value is -7.48. The molecule has 0 fully saturated rings. The van der Waals surface area contributed by atoms with Crippen LogP contribution < -0.4 is 4.90 Å². The number of nitrogens with zero attached hydrogens (tertiary/aromatic N) is 1. The Morgan fingerprint density at radius 2 is 1.08 bits per heavy atom. The molecule has 0 saturated heterocycles. The zero-order chi connectivity index (χ0) is 41.6. The van der Waals surface area contributed by atoms with E-state index in [2.05, 4.69) is 249 Å². The molecule has 0 radical (unpaired) electrons. The van der Waals surface area contributed by atoms with Gasteiger partial charge in [0.15, 0.2) is 0 Å². The predicted octanol–water partition coefficient (Wildman–Crippen LogP) is 16.7. The molecule has 1 unspecified atom stereocenters. The summed E-state index contributed by atoms with van der Waals surface area (Å²) in [5.74, 6) is 0.245. The van der Waals surface area contributed by atoms with Crippen molar-refractivity contribution in [3.05, 3.63) is 253 Å². The van der Waals surface area contributed by atoms with Crippen LogP contribution in [0.15, 0.2) is 231 Å². The number of hydrogen-bond donors (Lipinski definition) is 0. The van der Waals surface area contributed by atoms with Crippen molar-refractivity contribution in [1.29, 1.82) is 0 Å². The maximum absolute atomic E-state index is 2.46. The van der Waals surface area contributed by atoms with Crippen LogP contribution in [0, 0.1) is 0 Å². The molecule has 1 heteroatoms. The van der Waals surface area contributed by atoms with Gasteiger partial charge < -0.3 is 4.90 Å². The average molecular weight is 794 g/mol. The van der Waals surface area contributed by atoms with Crippen LogP contribution in [0.4, 0.5) is 17.1 Å². The lowest BCUT2D eigenvalue weighted by Gasteiger charge is -2.30. The maximum atomic E-state index is 2.46. The zero-order valence-corrected chi connectivity index (χ0v) is 35.2. The van der Waals surface area contributed by atoms with Gasteiger partial charge in [0.05, 0.1) is 5.69 Å². The van der Waals surface area contributed by atoms with E-state index in [1.165, 1.54) is 83.1 Å². The zero-order valence-electron chi connectivity index (χ0n) is 35.2. The standard InChI is InChI=1S/C61H47N/c1-61(2)58-31-12-10-29-56(58)57-38-35-45(41-59(57)61)42-33-36-49(37-34-42)62(50-24-15-23-48(40-50)53-27-9-8-26-51(53)43-17-4-3-5-18-43)60-32-13-11-28-55(60)47-22-14-21-46(39-47)54-30-16-20-44-19-6-7-25-52(44)54/h3-26,28-41,53H,27H2,1-2H3. The largest absolute Gasteiger partial charge is 0.310 e. The van der Waals surface area contributed by atoms with Crippen molar-refractivity contribution in [3.8, 4) is 44.5 Å². The lowest BCUT2D eigenvalue weighted by Crippen LogP contribution is -2.14. The molecule has 0 aliphatic heterocycles. The highest BCUT2D eigenvalue weighted by Gasteiger charge is 2.35. The normalized spacial score (nSPS) is 14.9. The van der Waals surface area contributed by atoms with Crippen LogP contribution >= 0.6 is 0 Å². The summed E-state index contributed by atoms with van der Waals surface area (Å²) in [5.41, 5.74) is 20.0. The topological polar surface area (TPSA) is 3.24 Å². The van der Waals surface area contributed by atoms with Crippen LogP contribution in [0.1, 0.15) is 48.4 Å². The van der Waals surface area contributed by atoms with Crippen molar-refractivity contribution >= 4 is 33.4 Å². The van der Waals surface area contributed by atoms with Crippen LogP contribution in [0.2, 0.25) is 0 Å². The molecule has 9 aromatic rings. The van der Waals surface area contributed by atoms with Crippen LogP contribution in [0.3, 0.4) is 0 Å². The second kappa shape index (κ2) is 15.5. The molecule has 9 aromatic carbocycles.